The van der Waals surface area contributed by atoms with Crippen molar-refractivity contribution in [1.29, 1.82) is 0 Å². The molecule has 1 aromatic carbocycles. The van der Waals surface area contributed by atoms with Gasteiger partial charge in [-0.05, 0) is 23.7 Å². The molecule has 21 heavy (non-hydrogen) atoms. The zero-order chi connectivity index (χ0) is 14.5. The van der Waals surface area contributed by atoms with Crippen molar-refractivity contribution in [2.75, 3.05) is 20.3 Å². The SMILES string of the molecule is COCCOc1ccccc1-n1ccnc1-c1cnsc1. The predicted octanol–water partition coefficient (Wildman–Crippen LogP) is 3.02. The van der Waals surface area contributed by atoms with Crippen molar-refractivity contribution in [2.24, 2.45) is 0 Å². The van der Waals surface area contributed by atoms with Crippen molar-refractivity contribution in [3.05, 3.63) is 48.2 Å². The number of nitrogens with zero attached hydrogens (tertiary/aromatic N) is 3. The molecule has 0 aliphatic rings. The number of benzene rings is 1. The fourth-order valence-electron chi connectivity index (χ4n) is 2.04. The standard InChI is InChI=1S/C15H15N3O2S/c1-19-8-9-20-14-5-3-2-4-13(14)18-7-6-16-15(18)12-10-17-21-11-12/h2-7,10-11H,8-9H2,1H3. The highest BCUT2D eigenvalue weighted by atomic mass is 32.1. The molecule has 108 valence electrons. The highest BCUT2D eigenvalue weighted by molar-refractivity contribution is 7.03. The van der Waals surface area contributed by atoms with Gasteiger partial charge in [0.1, 0.15) is 18.2 Å². The molecule has 0 bridgehead atoms. The Balaban J connectivity index is 1.96. The lowest BCUT2D eigenvalue weighted by Crippen LogP contribution is -2.07. The minimum atomic E-state index is 0.511. The third kappa shape index (κ3) is 2.96. The first-order valence-electron chi connectivity index (χ1n) is 6.54. The summed E-state index contributed by atoms with van der Waals surface area (Å²) in [5, 5.41) is 1.98. The van der Waals surface area contributed by atoms with E-state index in [1.54, 1.807) is 13.3 Å². The molecule has 0 radical (unpaired) electrons. The first-order chi connectivity index (χ1) is 10.4. The van der Waals surface area contributed by atoms with Gasteiger partial charge in [0.2, 0.25) is 0 Å². The molecular weight excluding hydrogens is 286 g/mol. The summed E-state index contributed by atoms with van der Waals surface area (Å²) in [5.41, 5.74) is 1.95. The third-order valence-electron chi connectivity index (χ3n) is 3.00. The molecule has 3 rings (SSSR count). The lowest BCUT2D eigenvalue weighted by molar-refractivity contribution is 0.146. The van der Waals surface area contributed by atoms with E-state index in [-0.39, 0.29) is 0 Å². The zero-order valence-corrected chi connectivity index (χ0v) is 12.4. The number of hydrogen-bond acceptors (Lipinski definition) is 5. The van der Waals surface area contributed by atoms with Gasteiger partial charge in [0.15, 0.2) is 0 Å². The normalized spacial score (nSPS) is 10.7. The van der Waals surface area contributed by atoms with Gasteiger partial charge in [0.25, 0.3) is 0 Å². The maximum atomic E-state index is 5.79. The molecule has 5 nitrogen and oxygen atoms in total. The molecule has 0 saturated carbocycles. The van der Waals surface area contributed by atoms with Gasteiger partial charge in [-0.15, -0.1) is 0 Å². The Kier molecular flexibility index (Phi) is 4.28. The lowest BCUT2D eigenvalue weighted by atomic mass is 10.2. The quantitative estimate of drug-likeness (QED) is 0.657. The Bertz CT molecular complexity index is 695. The van der Waals surface area contributed by atoms with Crippen molar-refractivity contribution in [3.8, 4) is 22.8 Å². The summed E-state index contributed by atoms with van der Waals surface area (Å²) in [6.07, 6.45) is 5.52. The predicted molar refractivity (Wildman–Crippen MR) is 82.0 cm³/mol. The van der Waals surface area contributed by atoms with Crippen LogP contribution >= 0.6 is 11.5 Å². The molecule has 0 spiro atoms. The summed E-state index contributed by atoms with van der Waals surface area (Å²) < 4.78 is 17.0. The van der Waals surface area contributed by atoms with E-state index in [0.29, 0.717) is 13.2 Å². The van der Waals surface area contributed by atoms with E-state index >= 15 is 0 Å². The van der Waals surface area contributed by atoms with E-state index in [2.05, 4.69) is 9.36 Å². The van der Waals surface area contributed by atoms with Crippen molar-refractivity contribution < 1.29 is 9.47 Å². The van der Waals surface area contributed by atoms with Crippen molar-refractivity contribution in [3.63, 3.8) is 0 Å². The second kappa shape index (κ2) is 6.51. The molecule has 0 saturated heterocycles. The molecule has 0 aliphatic heterocycles. The third-order valence-corrected chi connectivity index (χ3v) is 3.59. The van der Waals surface area contributed by atoms with Crippen LogP contribution in [0.2, 0.25) is 0 Å². The first kappa shape index (κ1) is 13.8. The highest BCUT2D eigenvalue weighted by Gasteiger charge is 2.12. The average Bonchev–Trinajstić information content (AvgIpc) is 3.19. The van der Waals surface area contributed by atoms with E-state index < -0.39 is 0 Å². The van der Waals surface area contributed by atoms with Gasteiger partial charge in [-0.2, -0.15) is 0 Å². The van der Waals surface area contributed by atoms with E-state index in [1.165, 1.54) is 11.5 Å². The zero-order valence-electron chi connectivity index (χ0n) is 11.6. The van der Waals surface area contributed by atoms with Gasteiger partial charge in [-0.25, -0.2) is 9.36 Å². The number of imidazole rings is 1. The van der Waals surface area contributed by atoms with E-state index in [9.17, 15) is 0 Å². The Morgan fingerprint density at radius 3 is 2.95 bits per heavy atom. The van der Waals surface area contributed by atoms with Crippen LogP contribution < -0.4 is 4.74 Å². The molecule has 2 heterocycles. The summed E-state index contributed by atoms with van der Waals surface area (Å²) in [6, 6.07) is 7.89. The summed E-state index contributed by atoms with van der Waals surface area (Å²) in [4.78, 5) is 4.42. The number of methoxy groups -OCH3 is 1. The van der Waals surface area contributed by atoms with Crippen LogP contribution in [-0.2, 0) is 4.74 Å². The van der Waals surface area contributed by atoms with Gasteiger partial charge in [-0.3, -0.25) is 4.57 Å². The second-order valence-corrected chi connectivity index (χ2v) is 5.00. The van der Waals surface area contributed by atoms with Crippen LogP contribution in [-0.4, -0.2) is 34.2 Å². The summed E-state index contributed by atoms with van der Waals surface area (Å²) in [7, 11) is 1.66. The summed E-state index contributed by atoms with van der Waals surface area (Å²) >= 11 is 1.41. The molecule has 3 aromatic rings. The Morgan fingerprint density at radius 2 is 2.14 bits per heavy atom. The van der Waals surface area contributed by atoms with Gasteiger partial charge in [0.05, 0.1) is 18.5 Å². The highest BCUT2D eigenvalue weighted by Crippen LogP contribution is 2.28. The van der Waals surface area contributed by atoms with E-state index in [1.807, 2.05) is 46.6 Å². The lowest BCUT2D eigenvalue weighted by Gasteiger charge is -2.13. The number of ether oxygens (including phenoxy) is 2. The molecule has 0 aliphatic carbocycles. The number of aromatic nitrogens is 3. The van der Waals surface area contributed by atoms with Gasteiger partial charge < -0.3 is 9.47 Å². The van der Waals surface area contributed by atoms with Crippen LogP contribution in [0.5, 0.6) is 5.75 Å². The van der Waals surface area contributed by atoms with Crippen molar-refractivity contribution in [1.82, 2.24) is 13.9 Å². The maximum absolute atomic E-state index is 5.79. The van der Waals surface area contributed by atoms with Crippen LogP contribution in [0.1, 0.15) is 0 Å². The van der Waals surface area contributed by atoms with Gasteiger partial charge in [0, 0.05) is 30.4 Å². The van der Waals surface area contributed by atoms with E-state index in [4.69, 9.17) is 9.47 Å². The Hall–Kier alpha value is -2.18. The van der Waals surface area contributed by atoms with Gasteiger partial charge in [-0.1, -0.05) is 12.1 Å². The molecule has 2 aromatic heterocycles. The fourth-order valence-corrected chi connectivity index (χ4v) is 2.56. The molecule has 0 N–H and O–H groups in total. The minimum absolute atomic E-state index is 0.511. The van der Waals surface area contributed by atoms with Crippen LogP contribution in [0.25, 0.3) is 17.1 Å². The van der Waals surface area contributed by atoms with Crippen LogP contribution in [0.15, 0.2) is 48.2 Å². The Labute approximate surface area is 127 Å². The topological polar surface area (TPSA) is 49.2 Å². The molecule has 0 atom stereocenters. The molecule has 0 fully saturated rings. The van der Waals surface area contributed by atoms with Crippen LogP contribution in [0, 0.1) is 0 Å². The smallest absolute Gasteiger partial charge is 0.147 e. The Morgan fingerprint density at radius 1 is 1.24 bits per heavy atom. The minimum Gasteiger partial charge on any atom is -0.489 e. The van der Waals surface area contributed by atoms with E-state index in [0.717, 1.165) is 22.8 Å². The van der Waals surface area contributed by atoms with Crippen LogP contribution in [0.4, 0.5) is 0 Å². The fraction of sp³-hybridized carbons (Fsp3) is 0.200. The monoisotopic (exact) mass is 301 g/mol. The number of para-hydroxylation sites is 2. The number of rotatable bonds is 6. The van der Waals surface area contributed by atoms with Crippen molar-refractivity contribution >= 4 is 11.5 Å². The van der Waals surface area contributed by atoms with Crippen molar-refractivity contribution in [2.45, 2.75) is 0 Å². The summed E-state index contributed by atoms with van der Waals surface area (Å²) in [6.45, 7) is 1.07. The van der Waals surface area contributed by atoms with Crippen LogP contribution in [0.3, 0.4) is 0 Å². The number of hydrogen-bond donors (Lipinski definition) is 0. The maximum Gasteiger partial charge on any atom is 0.147 e. The summed E-state index contributed by atoms with van der Waals surface area (Å²) in [5.74, 6) is 1.66. The second-order valence-electron chi connectivity index (χ2n) is 4.34. The first-order valence-corrected chi connectivity index (χ1v) is 7.38. The largest absolute Gasteiger partial charge is 0.489 e. The van der Waals surface area contributed by atoms with Gasteiger partial charge >= 0.3 is 0 Å². The molecular formula is C15H15N3O2S. The molecule has 0 amide bonds. The average molecular weight is 301 g/mol. The molecule has 0 unspecified atom stereocenters. The molecule has 6 heteroatoms.